The summed E-state index contributed by atoms with van der Waals surface area (Å²) in [6.07, 6.45) is 6.97. The predicted octanol–water partition coefficient (Wildman–Crippen LogP) is 0.770. The van der Waals surface area contributed by atoms with Crippen LogP contribution in [-0.4, -0.2) is 57.5 Å². The molecule has 154 valence electrons. The number of aromatic nitrogens is 4. The molecule has 2 atom stereocenters. The highest BCUT2D eigenvalue weighted by Gasteiger charge is 2.28. The minimum atomic E-state index is -0.0718. The lowest BCUT2D eigenvalue weighted by molar-refractivity contribution is -0.119. The molecule has 0 spiro atoms. The summed E-state index contributed by atoms with van der Waals surface area (Å²) >= 11 is 0. The number of hydrogen-bond acceptors (Lipinski definition) is 6. The van der Waals surface area contributed by atoms with Crippen molar-refractivity contribution in [2.75, 3.05) is 24.5 Å². The molecule has 2 aromatic heterocycles. The zero-order chi connectivity index (χ0) is 20.2. The van der Waals surface area contributed by atoms with E-state index in [1.165, 1.54) is 6.92 Å². The maximum atomic E-state index is 13.0. The van der Waals surface area contributed by atoms with Crippen LogP contribution in [0.4, 0.5) is 5.82 Å². The summed E-state index contributed by atoms with van der Waals surface area (Å²) in [6, 6.07) is 3.88. The van der Waals surface area contributed by atoms with Crippen LogP contribution >= 0.6 is 0 Å². The van der Waals surface area contributed by atoms with Crippen molar-refractivity contribution < 1.29 is 9.59 Å². The number of rotatable bonds is 5. The maximum Gasteiger partial charge on any atom is 0.255 e. The second kappa shape index (κ2) is 8.59. The van der Waals surface area contributed by atoms with Gasteiger partial charge in [-0.1, -0.05) is 0 Å². The third kappa shape index (κ3) is 4.55. The molecule has 4 rings (SSSR count). The number of fused-ring (bicyclic) bond motifs is 1. The standard InChI is InChI=1S/C20H27N7O2/c1-14(28)21-11-15-6-9-27-18(10-15)17(12-23-27)20(29)24-16-4-3-8-26(13-16)19-5-2-7-22-25-19/h2,5,7,12,15-16H,3-4,6,8-11,13H2,1H3,(H,21,28)(H,24,29). The van der Waals surface area contributed by atoms with Gasteiger partial charge in [-0.25, -0.2) is 0 Å². The second-order valence-electron chi connectivity index (χ2n) is 7.86. The summed E-state index contributed by atoms with van der Waals surface area (Å²) in [4.78, 5) is 26.3. The number of piperidine rings is 1. The molecule has 2 aliphatic heterocycles. The minimum absolute atomic E-state index is 0.0213. The molecule has 9 heteroatoms. The fraction of sp³-hybridized carbons (Fsp3) is 0.550. The van der Waals surface area contributed by atoms with Gasteiger partial charge in [-0.15, -0.1) is 5.10 Å². The Balaban J connectivity index is 1.39. The van der Waals surface area contributed by atoms with Crippen molar-refractivity contribution >= 4 is 17.6 Å². The highest BCUT2D eigenvalue weighted by atomic mass is 16.2. The summed E-state index contributed by atoms with van der Waals surface area (Å²) in [5.41, 5.74) is 1.61. The first-order valence-corrected chi connectivity index (χ1v) is 10.2. The molecule has 1 saturated heterocycles. The molecule has 0 aromatic carbocycles. The van der Waals surface area contributed by atoms with Crippen LogP contribution in [0, 0.1) is 5.92 Å². The summed E-state index contributed by atoms with van der Waals surface area (Å²) in [7, 11) is 0. The number of carbonyl (C=O) groups is 2. The highest BCUT2D eigenvalue weighted by Crippen LogP contribution is 2.23. The number of carbonyl (C=O) groups excluding carboxylic acids is 2. The molecule has 4 heterocycles. The zero-order valence-corrected chi connectivity index (χ0v) is 16.7. The van der Waals surface area contributed by atoms with Gasteiger partial charge in [0.1, 0.15) is 0 Å². The van der Waals surface area contributed by atoms with E-state index in [0.29, 0.717) is 18.0 Å². The van der Waals surface area contributed by atoms with Crippen molar-refractivity contribution in [2.24, 2.45) is 5.92 Å². The Hall–Kier alpha value is -2.97. The second-order valence-corrected chi connectivity index (χ2v) is 7.86. The van der Waals surface area contributed by atoms with Crippen LogP contribution in [0.5, 0.6) is 0 Å². The van der Waals surface area contributed by atoms with Crippen LogP contribution in [0.2, 0.25) is 0 Å². The topological polar surface area (TPSA) is 105 Å². The Labute approximate surface area is 169 Å². The summed E-state index contributed by atoms with van der Waals surface area (Å²) in [5, 5.41) is 18.6. The van der Waals surface area contributed by atoms with E-state index in [2.05, 4.69) is 30.8 Å². The Morgan fingerprint density at radius 3 is 2.97 bits per heavy atom. The van der Waals surface area contributed by atoms with Gasteiger partial charge >= 0.3 is 0 Å². The van der Waals surface area contributed by atoms with E-state index in [0.717, 1.165) is 56.8 Å². The Bertz CT molecular complexity index is 867. The van der Waals surface area contributed by atoms with Gasteiger partial charge in [-0.2, -0.15) is 10.2 Å². The van der Waals surface area contributed by atoms with Crippen LogP contribution in [-0.2, 0) is 17.8 Å². The van der Waals surface area contributed by atoms with Crippen molar-refractivity contribution in [3.8, 4) is 0 Å². The van der Waals surface area contributed by atoms with Gasteiger partial charge in [0.25, 0.3) is 5.91 Å². The molecule has 0 aliphatic carbocycles. The lowest BCUT2D eigenvalue weighted by Crippen LogP contribution is -2.48. The summed E-state index contributed by atoms with van der Waals surface area (Å²) in [6.45, 7) is 4.58. The number of aryl methyl sites for hydroxylation is 1. The van der Waals surface area contributed by atoms with Crippen LogP contribution < -0.4 is 15.5 Å². The summed E-state index contributed by atoms with van der Waals surface area (Å²) in [5.74, 6) is 1.08. The quantitative estimate of drug-likeness (QED) is 0.772. The maximum absolute atomic E-state index is 13.0. The highest BCUT2D eigenvalue weighted by molar-refractivity contribution is 5.95. The van der Waals surface area contributed by atoms with E-state index in [4.69, 9.17) is 0 Å². The van der Waals surface area contributed by atoms with Crippen LogP contribution in [0.25, 0.3) is 0 Å². The normalized spacial score (nSPS) is 21.3. The minimum Gasteiger partial charge on any atom is -0.356 e. The molecular formula is C20H27N7O2. The molecule has 0 bridgehead atoms. The number of hydrogen-bond donors (Lipinski definition) is 2. The molecule has 2 aromatic rings. The van der Waals surface area contributed by atoms with Gasteiger partial charge in [-0.3, -0.25) is 14.3 Å². The Kier molecular flexibility index (Phi) is 5.73. The molecule has 9 nitrogen and oxygen atoms in total. The fourth-order valence-corrected chi connectivity index (χ4v) is 4.18. The first-order valence-electron chi connectivity index (χ1n) is 10.2. The predicted molar refractivity (Wildman–Crippen MR) is 107 cm³/mol. The monoisotopic (exact) mass is 397 g/mol. The first kappa shape index (κ1) is 19.4. The van der Waals surface area contributed by atoms with Gasteiger partial charge in [0.15, 0.2) is 5.82 Å². The van der Waals surface area contributed by atoms with E-state index in [1.54, 1.807) is 12.4 Å². The van der Waals surface area contributed by atoms with E-state index in [1.807, 2.05) is 16.8 Å². The van der Waals surface area contributed by atoms with Crippen molar-refractivity contribution in [2.45, 2.75) is 45.2 Å². The third-order valence-electron chi connectivity index (χ3n) is 5.70. The molecule has 2 unspecified atom stereocenters. The molecule has 2 aliphatic rings. The smallest absolute Gasteiger partial charge is 0.255 e. The zero-order valence-electron chi connectivity index (χ0n) is 16.7. The average molecular weight is 397 g/mol. The molecular weight excluding hydrogens is 370 g/mol. The van der Waals surface area contributed by atoms with Crippen molar-refractivity contribution in [3.63, 3.8) is 0 Å². The average Bonchev–Trinajstić information content (AvgIpc) is 3.16. The van der Waals surface area contributed by atoms with Crippen LogP contribution in [0.3, 0.4) is 0 Å². The molecule has 1 fully saturated rings. The first-order chi connectivity index (χ1) is 14.1. The van der Waals surface area contributed by atoms with Crippen molar-refractivity contribution in [3.05, 3.63) is 35.8 Å². The van der Waals surface area contributed by atoms with Gasteiger partial charge in [0.05, 0.1) is 17.5 Å². The van der Waals surface area contributed by atoms with Crippen molar-refractivity contribution in [1.82, 2.24) is 30.6 Å². The van der Waals surface area contributed by atoms with Crippen molar-refractivity contribution in [1.29, 1.82) is 0 Å². The van der Waals surface area contributed by atoms with Crippen LogP contribution in [0.15, 0.2) is 24.5 Å². The molecule has 0 saturated carbocycles. The number of nitrogens with zero attached hydrogens (tertiary/aromatic N) is 5. The SMILES string of the molecule is CC(=O)NCC1CCn2ncc(C(=O)NC3CCCN(c4cccnn4)C3)c2C1. The number of anilines is 1. The van der Waals surface area contributed by atoms with Crippen LogP contribution in [0.1, 0.15) is 42.2 Å². The molecule has 2 amide bonds. The van der Waals surface area contributed by atoms with E-state index < -0.39 is 0 Å². The lowest BCUT2D eigenvalue weighted by atomic mass is 9.94. The van der Waals surface area contributed by atoms with Gasteiger partial charge in [-0.05, 0) is 43.7 Å². The van der Waals surface area contributed by atoms with E-state index in [-0.39, 0.29) is 17.9 Å². The van der Waals surface area contributed by atoms with E-state index in [9.17, 15) is 9.59 Å². The van der Waals surface area contributed by atoms with Gasteiger partial charge < -0.3 is 15.5 Å². The number of amides is 2. The largest absolute Gasteiger partial charge is 0.356 e. The summed E-state index contributed by atoms with van der Waals surface area (Å²) < 4.78 is 1.92. The van der Waals surface area contributed by atoms with Gasteiger partial charge in [0.2, 0.25) is 5.91 Å². The molecule has 2 N–H and O–H groups in total. The fourth-order valence-electron chi connectivity index (χ4n) is 4.18. The van der Waals surface area contributed by atoms with E-state index >= 15 is 0 Å². The Morgan fingerprint density at radius 2 is 2.17 bits per heavy atom. The van der Waals surface area contributed by atoms with Gasteiger partial charge in [0, 0.05) is 45.3 Å². The lowest BCUT2D eigenvalue weighted by Gasteiger charge is -2.33. The Morgan fingerprint density at radius 1 is 1.28 bits per heavy atom. The third-order valence-corrected chi connectivity index (χ3v) is 5.70. The number of nitrogens with one attached hydrogen (secondary N) is 2. The molecule has 29 heavy (non-hydrogen) atoms. The molecule has 0 radical (unpaired) electrons.